The second-order valence-electron chi connectivity index (χ2n) is 5.96. The van der Waals surface area contributed by atoms with E-state index in [1.165, 1.54) is 12.1 Å². The molecular weight excluding hydrogens is 295 g/mol. The maximum Gasteiger partial charge on any atom is 0.243 e. The molecule has 1 N–H and O–H groups in total. The first-order valence-corrected chi connectivity index (χ1v) is 7.92. The Morgan fingerprint density at radius 2 is 2.35 bits per heavy atom. The Labute approximate surface area is 135 Å². The Hall–Kier alpha value is -2.37. The molecule has 0 unspecified atom stereocenters. The van der Waals surface area contributed by atoms with Crippen molar-refractivity contribution in [3.05, 3.63) is 48.8 Å². The molecule has 2 heterocycles. The quantitative estimate of drug-likeness (QED) is 0.942. The monoisotopic (exact) mass is 316 g/mol. The highest BCUT2D eigenvalue weighted by atomic mass is 19.1. The second-order valence-corrected chi connectivity index (χ2v) is 5.96. The van der Waals surface area contributed by atoms with Gasteiger partial charge in [-0.2, -0.15) is 0 Å². The molecular formula is C17H21FN4O. The first kappa shape index (κ1) is 15.5. The van der Waals surface area contributed by atoms with Crippen LogP contribution >= 0.6 is 0 Å². The Bertz CT molecular complexity index is 658. The van der Waals surface area contributed by atoms with Crippen LogP contribution in [-0.2, 0) is 4.79 Å². The largest absolute Gasteiger partial charge is 0.369 e. The second kappa shape index (κ2) is 6.81. The number of hydrogen-bond donors (Lipinski definition) is 1. The fraction of sp³-hybridized carbons (Fsp3) is 0.412. The van der Waals surface area contributed by atoms with Crippen molar-refractivity contribution in [3.63, 3.8) is 0 Å². The predicted molar refractivity (Wildman–Crippen MR) is 86.7 cm³/mol. The van der Waals surface area contributed by atoms with Crippen molar-refractivity contribution in [1.82, 2.24) is 14.9 Å². The summed E-state index contributed by atoms with van der Waals surface area (Å²) in [6.07, 6.45) is 7.00. The van der Waals surface area contributed by atoms with Gasteiger partial charge < -0.3 is 14.8 Å². The zero-order valence-corrected chi connectivity index (χ0v) is 13.2. The Kier molecular flexibility index (Phi) is 4.60. The van der Waals surface area contributed by atoms with E-state index in [2.05, 4.69) is 15.2 Å². The van der Waals surface area contributed by atoms with Crippen molar-refractivity contribution in [2.24, 2.45) is 0 Å². The summed E-state index contributed by atoms with van der Waals surface area (Å²) in [5.41, 5.74) is 0.867. The molecule has 2 aromatic rings. The van der Waals surface area contributed by atoms with Crippen molar-refractivity contribution in [2.45, 2.75) is 31.8 Å². The summed E-state index contributed by atoms with van der Waals surface area (Å²) in [5, 5.41) is 3.10. The third-order valence-electron chi connectivity index (χ3n) is 4.29. The van der Waals surface area contributed by atoms with E-state index in [1.807, 2.05) is 13.0 Å². The maximum atomic E-state index is 13.4. The van der Waals surface area contributed by atoms with Crippen LogP contribution in [0.15, 0.2) is 43.0 Å². The van der Waals surface area contributed by atoms with Gasteiger partial charge in [0.2, 0.25) is 5.91 Å². The van der Waals surface area contributed by atoms with E-state index in [-0.39, 0.29) is 23.8 Å². The van der Waals surface area contributed by atoms with Gasteiger partial charge in [0.1, 0.15) is 11.9 Å². The molecule has 1 amide bonds. The highest BCUT2D eigenvalue weighted by Crippen LogP contribution is 2.21. The SMILES string of the molecule is C[C@H](C(=O)N[C@@H]1CCCN(c2cccc(F)c2)C1)n1ccnc1. The van der Waals surface area contributed by atoms with Crippen LogP contribution < -0.4 is 10.2 Å². The van der Waals surface area contributed by atoms with Gasteiger partial charge >= 0.3 is 0 Å². The van der Waals surface area contributed by atoms with Gasteiger partial charge in [0.25, 0.3) is 0 Å². The smallest absolute Gasteiger partial charge is 0.243 e. The summed E-state index contributed by atoms with van der Waals surface area (Å²) in [7, 11) is 0. The lowest BCUT2D eigenvalue weighted by molar-refractivity contribution is -0.124. The van der Waals surface area contributed by atoms with Crippen molar-refractivity contribution in [2.75, 3.05) is 18.0 Å². The van der Waals surface area contributed by atoms with Crippen molar-refractivity contribution in [3.8, 4) is 0 Å². The number of halogens is 1. The number of anilines is 1. The van der Waals surface area contributed by atoms with Gasteiger partial charge in [-0.25, -0.2) is 9.37 Å². The molecule has 0 radical (unpaired) electrons. The molecule has 3 rings (SSSR count). The molecule has 23 heavy (non-hydrogen) atoms. The van der Waals surface area contributed by atoms with Crippen molar-refractivity contribution in [1.29, 1.82) is 0 Å². The molecule has 2 atom stereocenters. The van der Waals surface area contributed by atoms with E-state index >= 15 is 0 Å². The minimum absolute atomic E-state index is 0.0194. The molecule has 1 saturated heterocycles. The van der Waals surface area contributed by atoms with Crippen molar-refractivity contribution < 1.29 is 9.18 Å². The minimum Gasteiger partial charge on any atom is -0.369 e. The van der Waals surface area contributed by atoms with Gasteiger partial charge in [-0.3, -0.25) is 4.79 Å². The summed E-state index contributed by atoms with van der Waals surface area (Å²) in [4.78, 5) is 18.5. The Morgan fingerprint density at radius 3 is 3.09 bits per heavy atom. The third kappa shape index (κ3) is 3.70. The predicted octanol–water partition coefficient (Wildman–Crippen LogP) is 2.37. The standard InChI is InChI=1S/C17H21FN4O/c1-13(22-9-7-19-12-22)17(23)20-15-5-3-8-21(11-15)16-6-2-4-14(18)10-16/h2,4,6-7,9-10,12-13,15H,3,5,8,11H2,1H3,(H,20,23)/t13-,15-/m1/s1. The number of nitrogens with zero attached hydrogens (tertiary/aromatic N) is 3. The summed E-state index contributed by atoms with van der Waals surface area (Å²) in [6, 6.07) is 6.39. The highest BCUT2D eigenvalue weighted by Gasteiger charge is 2.24. The molecule has 1 aromatic carbocycles. The van der Waals surface area contributed by atoms with Gasteiger partial charge in [-0.05, 0) is 38.0 Å². The van der Waals surface area contributed by atoms with Crippen LogP contribution in [0.4, 0.5) is 10.1 Å². The van der Waals surface area contributed by atoms with Gasteiger partial charge in [-0.15, -0.1) is 0 Å². The first-order chi connectivity index (χ1) is 11.1. The molecule has 0 spiro atoms. The van der Waals surface area contributed by atoms with Gasteiger partial charge in [-0.1, -0.05) is 6.07 Å². The summed E-state index contributed by atoms with van der Waals surface area (Å²) >= 11 is 0. The number of imidazole rings is 1. The van der Waals surface area contributed by atoms with Crippen LogP contribution in [-0.4, -0.2) is 34.6 Å². The van der Waals surface area contributed by atoms with Crippen LogP contribution in [0.5, 0.6) is 0 Å². The lowest BCUT2D eigenvalue weighted by Crippen LogP contribution is -2.49. The third-order valence-corrected chi connectivity index (χ3v) is 4.29. The topological polar surface area (TPSA) is 50.2 Å². The van der Waals surface area contributed by atoms with Gasteiger partial charge in [0.15, 0.2) is 0 Å². The molecule has 122 valence electrons. The zero-order chi connectivity index (χ0) is 16.2. The van der Waals surface area contributed by atoms with Crippen LogP contribution in [0.1, 0.15) is 25.8 Å². The number of carbonyl (C=O) groups is 1. The van der Waals surface area contributed by atoms with Crippen molar-refractivity contribution >= 4 is 11.6 Å². The summed E-state index contributed by atoms with van der Waals surface area (Å²) in [5.74, 6) is -0.253. The number of benzene rings is 1. The molecule has 1 aromatic heterocycles. The van der Waals surface area contributed by atoms with Gasteiger partial charge in [0, 0.05) is 37.2 Å². The number of carbonyl (C=O) groups excluding carboxylic acids is 1. The minimum atomic E-state index is -0.290. The fourth-order valence-corrected chi connectivity index (χ4v) is 2.96. The van der Waals surface area contributed by atoms with Crippen LogP contribution in [0.25, 0.3) is 0 Å². The number of amides is 1. The highest BCUT2D eigenvalue weighted by molar-refractivity contribution is 5.80. The van der Waals surface area contributed by atoms with E-state index in [9.17, 15) is 9.18 Å². The molecule has 0 aliphatic carbocycles. The molecule has 1 fully saturated rings. The van der Waals surface area contributed by atoms with E-state index in [1.54, 1.807) is 29.4 Å². The summed E-state index contributed by atoms with van der Waals surface area (Å²) in [6.45, 7) is 3.43. The van der Waals surface area contributed by atoms with E-state index in [0.717, 1.165) is 25.1 Å². The molecule has 1 aliphatic rings. The van der Waals surface area contributed by atoms with E-state index in [4.69, 9.17) is 0 Å². The lowest BCUT2D eigenvalue weighted by Gasteiger charge is -2.35. The number of rotatable bonds is 4. The number of piperidine rings is 1. The molecule has 5 nitrogen and oxygen atoms in total. The molecule has 1 aliphatic heterocycles. The number of hydrogen-bond acceptors (Lipinski definition) is 3. The van der Waals surface area contributed by atoms with Crippen LogP contribution in [0, 0.1) is 5.82 Å². The normalized spacial score (nSPS) is 19.4. The molecule has 0 bridgehead atoms. The van der Waals surface area contributed by atoms with E-state index < -0.39 is 0 Å². The zero-order valence-electron chi connectivity index (χ0n) is 13.2. The molecule has 0 saturated carbocycles. The van der Waals surface area contributed by atoms with Crippen LogP contribution in [0.2, 0.25) is 0 Å². The Balaban J connectivity index is 1.61. The number of nitrogens with one attached hydrogen (secondary N) is 1. The van der Waals surface area contributed by atoms with E-state index in [0.29, 0.717) is 6.54 Å². The first-order valence-electron chi connectivity index (χ1n) is 7.92. The van der Waals surface area contributed by atoms with Gasteiger partial charge in [0.05, 0.1) is 6.33 Å². The van der Waals surface area contributed by atoms with Crippen LogP contribution in [0.3, 0.4) is 0 Å². The maximum absolute atomic E-state index is 13.4. The number of aromatic nitrogens is 2. The lowest BCUT2D eigenvalue weighted by atomic mass is 10.0. The average Bonchev–Trinajstić information content (AvgIpc) is 3.09. The average molecular weight is 316 g/mol. The fourth-order valence-electron chi connectivity index (χ4n) is 2.96. The molecule has 6 heteroatoms. The summed E-state index contributed by atoms with van der Waals surface area (Å²) < 4.78 is 15.2. The Morgan fingerprint density at radius 1 is 1.48 bits per heavy atom.